The van der Waals surface area contributed by atoms with E-state index in [4.69, 9.17) is 11.6 Å². The Labute approximate surface area is 125 Å². The molecule has 0 fully saturated rings. The number of nitrogens with zero attached hydrogens (tertiary/aromatic N) is 3. The van der Waals surface area contributed by atoms with Crippen molar-refractivity contribution in [3.63, 3.8) is 0 Å². The molecule has 1 unspecified atom stereocenters. The van der Waals surface area contributed by atoms with Crippen molar-refractivity contribution in [3.8, 4) is 0 Å². The number of unbranched alkanes of at least 4 members (excludes halogenated alkanes) is 1. The second-order valence-corrected chi connectivity index (χ2v) is 6.44. The first-order chi connectivity index (χ1) is 9.17. The van der Waals surface area contributed by atoms with Gasteiger partial charge in [0.15, 0.2) is 0 Å². The highest BCUT2D eigenvalue weighted by Crippen LogP contribution is 2.38. The maximum absolute atomic E-state index is 6.10. The summed E-state index contributed by atoms with van der Waals surface area (Å²) in [6.45, 7) is 7.75. The highest BCUT2D eigenvalue weighted by Gasteiger charge is 2.25. The van der Waals surface area contributed by atoms with E-state index in [0.29, 0.717) is 11.3 Å². The number of hydrogen-bond donors (Lipinski definition) is 0. The third kappa shape index (κ3) is 3.34. The van der Waals surface area contributed by atoms with E-state index in [1.54, 1.807) is 0 Å². The zero-order valence-corrected chi connectivity index (χ0v) is 13.5. The van der Waals surface area contributed by atoms with Crippen LogP contribution in [0.15, 0.2) is 4.90 Å². The van der Waals surface area contributed by atoms with Crippen molar-refractivity contribution < 1.29 is 0 Å². The molecule has 1 aromatic rings. The molecule has 1 aromatic heterocycles. The lowest BCUT2D eigenvalue weighted by atomic mass is 10.2. The molecule has 1 aliphatic heterocycles. The predicted octanol–water partition coefficient (Wildman–Crippen LogP) is 4.18. The van der Waals surface area contributed by atoms with Gasteiger partial charge in [0.25, 0.3) is 0 Å². The van der Waals surface area contributed by atoms with Crippen molar-refractivity contribution in [2.75, 3.05) is 17.2 Å². The van der Waals surface area contributed by atoms with E-state index in [1.807, 2.05) is 11.8 Å². The van der Waals surface area contributed by atoms with Gasteiger partial charge in [-0.15, -0.1) is 11.8 Å². The first-order valence-electron chi connectivity index (χ1n) is 7.13. The van der Waals surface area contributed by atoms with Crippen molar-refractivity contribution in [2.45, 2.75) is 57.4 Å². The molecule has 1 atom stereocenters. The number of fused-ring (bicyclic) bond motifs is 1. The zero-order chi connectivity index (χ0) is 13.8. The molecule has 3 nitrogen and oxygen atoms in total. The molecule has 0 bridgehead atoms. The van der Waals surface area contributed by atoms with Crippen LogP contribution in [0.25, 0.3) is 0 Å². The van der Waals surface area contributed by atoms with Gasteiger partial charge in [0, 0.05) is 24.8 Å². The fourth-order valence-corrected chi connectivity index (χ4v) is 3.59. The third-order valence-electron chi connectivity index (χ3n) is 3.62. The molecule has 0 radical (unpaired) electrons. The van der Waals surface area contributed by atoms with Crippen LogP contribution in [0.4, 0.5) is 5.82 Å². The summed E-state index contributed by atoms with van der Waals surface area (Å²) in [5, 5.41) is 0.390. The number of rotatable bonds is 6. The molecule has 0 aromatic carbocycles. The highest BCUT2D eigenvalue weighted by atomic mass is 35.5. The molecule has 0 saturated heterocycles. The summed E-state index contributed by atoms with van der Waals surface area (Å²) in [5.41, 5.74) is 1.13. The van der Waals surface area contributed by atoms with Gasteiger partial charge in [-0.2, -0.15) is 4.98 Å². The first-order valence-corrected chi connectivity index (χ1v) is 8.49. The second kappa shape index (κ2) is 6.80. The van der Waals surface area contributed by atoms with Crippen LogP contribution >= 0.6 is 23.4 Å². The number of hydrogen-bond acceptors (Lipinski definition) is 4. The van der Waals surface area contributed by atoms with Gasteiger partial charge in [-0.3, -0.25) is 0 Å². The average Bonchev–Trinajstić information content (AvgIpc) is 2.86. The Hall–Kier alpha value is -0.480. The molecule has 0 aliphatic carbocycles. The van der Waals surface area contributed by atoms with Crippen molar-refractivity contribution >= 4 is 29.2 Å². The number of aromatic nitrogens is 2. The summed E-state index contributed by atoms with van der Waals surface area (Å²) in [6.07, 6.45) is 4.51. The molecular formula is C14H22ClN3S. The van der Waals surface area contributed by atoms with Crippen LogP contribution in [0.3, 0.4) is 0 Å². The molecule has 0 saturated carbocycles. The smallest absolute Gasteiger partial charge is 0.224 e. The number of halogens is 1. The summed E-state index contributed by atoms with van der Waals surface area (Å²) in [4.78, 5) is 12.6. The molecule has 0 N–H and O–H groups in total. The van der Waals surface area contributed by atoms with Crippen molar-refractivity contribution in [2.24, 2.45) is 0 Å². The fourth-order valence-electron chi connectivity index (χ4n) is 2.30. The van der Waals surface area contributed by atoms with Crippen LogP contribution in [0.5, 0.6) is 0 Å². The van der Waals surface area contributed by atoms with Gasteiger partial charge in [0.05, 0.1) is 10.6 Å². The van der Waals surface area contributed by atoms with Gasteiger partial charge < -0.3 is 4.90 Å². The zero-order valence-electron chi connectivity index (χ0n) is 11.9. The summed E-state index contributed by atoms with van der Waals surface area (Å²) in [5.74, 6) is 2.15. The number of anilines is 1. The summed E-state index contributed by atoms with van der Waals surface area (Å²) >= 11 is 7.96. The quantitative estimate of drug-likeness (QED) is 0.737. The molecule has 2 heterocycles. The Morgan fingerprint density at radius 1 is 1.37 bits per heavy atom. The van der Waals surface area contributed by atoms with Gasteiger partial charge in [-0.1, -0.05) is 20.3 Å². The van der Waals surface area contributed by atoms with Crippen LogP contribution < -0.4 is 4.90 Å². The van der Waals surface area contributed by atoms with Crippen LogP contribution in [0.1, 0.15) is 45.7 Å². The molecular weight excluding hydrogens is 278 g/mol. The van der Waals surface area contributed by atoms with E-state index < -0.39 is 0 Å². The molecule has 0 amide bonds. The average molecular weight is 300 g/mol. The van der Waals surface area contributed by atoms with Crippen LogP contribution in [0.2, 0.25) is 5.28 Å². The molecule has 106 valence electrons. The SMILES string of the molecule is CCCCN(c1nc(Cl)nc2c1SCC2)C(C)CC. The van der Waals surface area contributed by atoms with Crippen LogP contribution in [-0.2, 0) is 6.42 Å². The maximum atomic E-state index is 6.10. The maximum Gasteiger partial charge on any atom is 0.224 e. The molecule has 2 rings (SSSR count). The Bertz CT molecular complexity index is 439. The van der Waals surface area contributed by atoms with E-state index in [0.717, 1.165) is 36.7 Å². The minimum absolute atomic E-state index is 0.390. The standard InChI is InChI=1S/C14H22ClN3S/c1-4-6-8-18(10(3)5-2)13-12-11(7-9-19-12)16-14(15)17-13/h10H,4-9H2,1-3H3. The van der Waals surface area contributed by atoms with Gasteiger partial charge in [-0.25, -0.2) is 4.98 Å². The van der Waals surface area contributed by atoms with E-state index in [9.17, 15) is 0 Å². The van der Waals surface area contributed by atoms with Gasteiger partial charge in [-0.05, 0) is 31.4 Å². The lowest BCUT2D eigenvalue weighted by Crippen LogP contribution is -2.34. The van der Waals surface area contributed by atoms with E-state index in [-0.39, 0.29) is 0 Å². The van der Waals surface area contributed by atoms with E-state index in [2.05, 4.69) is 35.6 Å². The predicted molar refractivity (Wildman–Crippen MR) is 83.5 cm³/mol. The summed E-state index contributed by atoms with van der Waals surface area (Å²) in [7, 11) is 0. The van der Waals surface area contributed by atoms with Gasteiger partial charge >= 0.3 is 0 Å². The Balaban J connectivity index is 2.35. The van der Waals surface area contributed by atoms with Crippen molar-refractivity contribution in [1.82, 2.24) is 9.97 Å². The monoisotopic (exact) mass is 299 g/mol. The lowest BCUT2D eigenvalue weighted by molar-refractivity contribution is 0.584. The number of aryl methyl sites for hydroxylation is 1. The fraction of sp³-hybridized carbons (Fsp3) is 0.714. The molecule has 0 spiro atoms. The Morgan fingerprint density at radius 2 is 2.16 bits per heavy atom. The second-order valence-electron chi connectivity index (χ2n) is 4.99. The minimum atomic E-state index is 0.390. The Morgan fingerprint density at radius 3 is 2.84 bits per heavy atom. The number of thioether (sulfide) groups is 1. The normalized spacial score (nSPS) is 15.4. The van der Waals surface area contributed by atoms with Crippen LogP contribution in [0, 0.1) is 0 Å². The largest absolute Gasteiger partial charge is 0.353 e. The van der Waals surface area contributed by atoms with Gasteiger partial charge in [0.2, 0.25) is 5.28 Å². The third-order valence-corrected chi connectivity index (χ3v) is 4.91. The van der Waals surface area contributed by atoms with E-state index >= 15 is 0 Å². The van der Waals surface area contributed by atoms with E-state index in [1.165, 1.54) is 17.7 Å². The van der Waals surface area contributed by atoms with Crippen molar-refractivity contribution in [1.29, 1.82) is 0 Å². The topological polar surface area (TPSA) is 29.0 Å². The van der Waals surface area contributed by atoms with Gasteiger partial charge in [0.1, 0.15) is 5.82 Å². The Kier molecular flexibility index (Phi) is 5.34. The highest BCUT2D eigenvalue weighted by molar-refractivity contribution is 7.99. The molecule has 5 heteroatoms. The minimum Gasteiger partial charge on any atom is -0.353 e. The first kappa shape index (κ1) is 14.9. The van der Waals surface area contributed by atoms with Crippen molar-refractivity contribution in [3.05, 3.63) is 11.0 Å². The summed E-state index contributed by atoms with van der Waals surface area (Å²) in [6, 6.07) is 0.489. The molecule has 1 aliphatic rings. The molecule has 19 heavy (non-hydrogen) atoms. The lowest BCUT2D eigenvalue weighted by Gasteiger charge is -2.31. The van der Waals surface area contributed by atoms with Crippen LogP contribution in [-0.4, -0.2) is 28.3 Å². The summed E-state index contributed by atoms with van der Waals surface area (Å²) < 4.78 is 0.